The monoisotopic (exact) mass is 345 g/mol. The number of carbonyl (C=O) groups excluding carboxylic acids is 3. The van der Waals surface area contributed by atoms with Crippen LogP contribution in [0, 0.1) is 0 Å². The highest BCUT2D eigenvalue weighted by molar-refractivity contribution is 6.04. The van der Waals surface area contributed by atoms with Gasteiger partial charge in [-0.25, -0.2) is 0 Å². The van der Waals surface area contributed by atoms with Crippen LogP contribution in [0.5, 0.6) is 5.75 Å². The third kappa shape index (κ3) is 3.75. The minimum Gasteiger partial charge on any atom is -0.482 e. The first kappa shape index (κ1) is 17.3. The minimum atomic E-state index is -0.294. The van der Waals surface area contributed by atoms with Gasteiger partial charge in [0.25, 0.3) is 11.8 Å². The fourth-order valence-corrected chi connectivity index (χ4v) is 3.12. The fourth-order valence-electron chi connectivity index (χ4n) is 3.12. The largest absolute Gasteiger partial charge is 0.482 e. The van der Waals surface area contributed by atoms with Crippen molar-refractivity contribution < 1.29 is 19.1 Å². The second-order valence-corrected chi connectivity index (χ2v) is 6.67. The molecule has 2 aliphatic rings. The molecule has 1 aromatic carbocycles. The predicted molar refractivity (Wildman–Crippen MR) is 92.7 cm³/mol. The second kappa shape index (κ2) is 7.13. The Kier molecular flexibility index (Phi) is 4.92. The highest BCUT2D eigenvalue weighted by atomic mass is 16.5. The summed E-state index contributed by atoms with van der Waals surface area (Å²) in [7, 11) is 0. The van der Waals surface area contributed by atoms with Crippen molar-refractivity contribution in [1.29, 1.82) is 0 Å². The van der Waals surface area contributed by atoms with E-state index in [9.17, 15) is 14.4 Å². The molecule has 7 nitrogen and oxygen atoms in total. The van der Waals surface area contributed by atoms with Gasteiger partial charge in [0.05, 0.1) is 5.69 Å². The van der Waals surface area contributed by atoms with E-state index in [2.05, 4.69) is 5.32 Å². The zero-order valence-corrected chi connectivity index (χ0v) is 14.6. The van der Waals surface area contributed by atoms with E-state index in [1.54, 1.807) is 18.2 Å². The average molecular weight is 345 g/mol. The number of hydrogen-bond donors (Lipinski definition) is 1. The summed E-state index contributed by atoms with van der Waals surface area (Å²) < 4.78 is 5.44. The van der Waals surface area contributed by atoms with Crippen LogP contribution in [0.2, 0.25) is 0 Å². The number of carbonyl (C=O) groups is 3. The van der Waals surface area contributed by atoms with Gasteiger partial charge in [-0.05, 0) is 44.9 Å². The number of hydrogen-bond acceptors (Lipinski definition) is 4. The molecule has 0 atom stereocenters. The lowest BCUT2D eigenvalue weighted by molar-refractivity contribution is -0.125. The third-order valence-corrected chi connectivity index (χ3v) is 4.29. The maximum atomic E-state index is 12.6. The third-order valence-electron chi connectivity index (χ3n) is 4.29. The summed E-state index contributed by atoms with van der Waals surface area (Å²) in [6, 6.07) is 5.04. The first-order valence-electron chi connectivity index (χ1n) is 8.61. The Balaban J connectivity index is 1.85. The Morgan fingerprint density at radius 3 is 2.64 bits per heavy atom. The lowest BCUT2D eigenvalue weighted by Gasteiger charge is -2.29. The van der Waals surface area contributed by atoms with Gasteiger partial charge < -0.3 is 15.0 Å². The van der Waals surface area contributed by atoms with Crippen LogP contribution in [0.4, 0.5) is 5.69 Å². The topological polar surface area (TPSA) is 79.0 Å². The van der Waals surface area contributed by atoms with Crippen molar-refractivity contribution in [2.24, 2.45) is 0 Å². The summed E-state index contributed by atoms with van der Waals surface area (Å²) in [5, 5.41) is 2.77. The number of fused-ring (bicyclic) bond motifs is 1. The molecular weight excluding hydrogens is 322 g/mol. The summed E-state index contributed by atoms with van der Waals surface area (Å²) in [4.78, 5) is 40.1. The number of benzene rings is 1. The number of anilines is 1. The van der Waals surface area contributed by atoms with Crippen molar-refractivity contribution in [3.05, 3.63) is 23.8 Å². The van der Waals surface area contributed by atoms with Gasteiger partial charge >= 0.3 is 0 Å². The van der Waals surface area contributed by atoms with Gasteiger partial charge in [-0.1, -0.05) is 0 Å². The molecule has 1 aromatic rings. The summed E-state index contributed by atoms with van der Waals surface area (Å²) in [5.74, 6) is -0.0792. The van der Waals surface area contributed by atoms with Crippen molar-refractivity contribution in [2.45, 2.75) is 32.7 Å². The summed E-state index contributed by atoms with van der Waals surface area (Å²) in [6.07, 6.45) is 2.03. The van der Waals surface area contributed by atoms with Gasteiger partial charge in [-0.2, -0.15) is 0 Å². The molecule has 0 aliphatic carbocycles. The quantitative estimate of drug-likeness (QED) is 0.889. The second-order valence-electron chi connectivity index (χ2n) is 6.67. The van der Waals surface area contributed by atoms with E-state index in [1.807, 2.05) is 18.7 Å². The van der Waals surface area contributed by atoms with Crippen LogP contribution in [-0.2, 0) is 9.59 Å². The van der Waals surface area contributed by atoms with E-state index in [0.29, 0.717) is 17.0 Å². The molecule has 1 saturated heterocycles. The molecular formula is C18H23N3O4. The van der Waals surface area contributed by atoms with Crippen molar-refractivity contribution >= 4 is 23.4 Å². The van der Waals surface area contributed by atoms with E-state index in [4.69, 9.17) is 4.74 Å². The van der Waals surface area contributed by atoms with Gasteiger partial charge in [-0.3, -0.25) is 19.3 Å². The zero-order valence-electron chi connectivity index (χ0n) is 14.6. The molecule has 0 bridgehead atoms. The fraction of sp³-hybridized carbons (Fsp3) is 0.500. The van der Waals surface area contributed by atoms with E-state index in [0.717, 1.165) is 25.9 Å². The van der Waals surface area contributed by atoms with Crippen molar-refractivity contribution in [2.75, 3.05) is 31.1 Å². The van der Waals surface area contributed by atoms with Crippen LogP contribution in [0.25, 0.3) is 0 Å². The number of amides is 3. The Morgan fingerprint density at radius 1 is 1.24 bits per heavy atom. The van der Waals surface area contributed by atoms with Crippen molar-refractivity contribution in [1.82, 2.24) is 10.2 Å². The standard InChI is InChI=1S/C18H23N3O4/c1-12(2)19-16(22)10-21-14-9-13(18(24)20-7-3-4-8-20)5-6-15(14)25-11-17(21)23/h5-6,9,12H,3-4,7-8,10-11H2,1-2H3,(H,19,22). The molecule has 3 amide bonds. The molecule has 0 aromatic heterocycles. The van der Waals surface area contributed by atoms with Gasteiger partial charge in [0, 0.05) is 24.7 Å². The normalized spacial score (nSPS) is 16.7. The Bertz CT molecular complexity index is 696. The number of ether oxygens (including phenoxy) is 1. The van der Waals surface area contributed by atoms with Crippen LogP contribution >= 0.6 is 0 Å². The van der Waals surface area contributed by atoms with E-state index in [1.165, 1.54) is 4.90 Å². The maximum absolute atomic E-state index is 12.6. The first-order valence-corrected chi connectivity index (χ1v) is 8.61. The Labute approximate surface area is 146 Å². The van der Waals surface area contributed by atoms with Crippen LogP contribution < -0.4 is 15.0 Å². The van der Waals surface area contributed by atoms with Crippen LogP contribution in [0.15, 0.2) is 18.2 Å². The van der Waals surface area contributed by atoms with Gasteiger partial charge in [-0.15, -0.1) is 0 Å². The molecule has 1 fully saturated rings. The van der Waals surface area contributed by atoms with E-state index in [-0.39, 0.29) is 36.9 Å². The average Bonchev–Trinajstić information content (AvgIpc) is 3.10. The highest BCUT2D eigenvalue weighted by Crippen LogP contribution is 2.33. The van der Waals surface area contributed by atoms with Crippen molar-refractivity contribution in [3.8, 4) is 5.75 Å². The summed E-state index contributed by atoms with van der Waals surface area (Å²) in [6.45, 7) is 5.04. The molecule has 0 spiro atoms. The van der Waals surface area contributed by atoms with Crippen LogP contribution in [0.3, 0.4) is 0 Å². The first-order chi connectivity index (χ1) is 12.0. The van der Waals surface area contributed by atoms with E-state index < -0.39 is 0 Å². The lowest BCUT2D eigenvalue weighted by atomic mass is 10.1. The molecule has 2 heterocycles. The predicted octanol–water partition coefficient (Wildman–Crippen LogP) is 1.17. The van der Waals surface area contributed by atoms with Crippen LogP contribution in [0.1, 0.15) is 37.0 Å². The van der Waals surface area contributed by atoms with Gasteiger partial charge in [0.2, 0.25) is 5.91 Å². The molecule has 0 unspecified atom stereocenters. The SMILES string of the molecule is CC(C)NC(=O)CN1C(=O)COc2ccc(C(=O)N3CCCC3)cc21. The van der Waals surface area contributed by atoms with Gasteiger partial charge in [0.1, 0.15) is 12.3 Å². The summed E-state index contributed by atoms with van der Waals surface area (Å²) >= 11 is 0. The molecule has 7 heteroatoms. The molecule has 2 aliphatic heterocycles. The highest BCUT2D eigenvalue weighted by Gasteiger charge is 2.29. The number of nitrogens with zero attached hydrogens (tertiary/aromatic N) is 2. The number of rotatable bonds is 4. The number of likely N-dealkylation sites (tertiary alicyclic amines) is 1. The Morgan fingerprint density at radius 2 is 1.96 bits per heavy atom. The van der Waals surface area contributed by atoms with Crippen molar-refractivity contribution in [3.63, 3.8) is 0 Å². The van der Waals surface area contributed by atoms with Crippen LogP contribution in [-0.4, -0.2) is 54.9 Å². The molecule has 1 N–H and O–H groups in total. The molecule has 134 valence electrons. The molecule has 25 heavy (non-hydrogen) atoms. The molecule has 3 rings (SSSR count). The molecule has 0 saturated carbocycles. The van der Waals surface area contributed by atoms with Gasteiger partial charge in [0.15, 0.2) is 6.61 Å². The zero-order chi connectivity index (χ0) is 18.0. The van der Waals surface area contributed by atoms with E-state index >= 15 is 0 Å². The minimum absolute atomic E-state index is 0.00816. The smallest absolute Gasteiger partial charge is 0.265 e. The molecule has 0 radical (unpaired) electrons. The summed E-state index contributed by atoms with van der Waals surface area (Å²) in [5.41, 5.74) is 0.980. The number of nitrogens with one attached hydrogen (secondary N) is 1. The Hall–Kier alpha value is -2.57. The lowest BCUT2D eigenvalue weighted by Crippen LogP contribution is -2.46. The maximum Gasteiger partial charge on any atom is 0.265 e.